The molecule has 2 saturated heterocycles. The molecule has 0 radical (unpaired) electrons. The molecule has 0 aliphatic carbocycles. The van der Waals surface area contributed by atoms with E-state index >= 15 is 0 Å². The van der Waals surface area contributed by atoms with Gasteiger partial charge in [-0.1, -0.05) is 12.1 Å². The molecule has 0 spiro atoms. The van der Waals surface area contributed by atoms with Crippen LogP contribution in [0.15, 0.2) is 46.9 Å². The smallest absolute Gasteiger partial charge is 0.371 e. The highest BCUT2D eigenvalue weighted by molar-refractivity contribution is 5.89. The van der Waals surface area contributed by atoms with Crippen molar-refractivity contribution in [1.82, 2.24) is 19.4 Å². The van der Waals surface area contributed by atoms with Gasteiger partial charge in [-0.15, -0.1) is 0 Å². The quantitative estimate of drug-likeness (QED) is 0.324. The number of halogens is 1. The van der Waals surface area contributed by atoms with Crippen LogP contribution in [0.25, 0.3) is 11.2 Å². The van der Waals surface area contributed by atoms with Crippen molar-refractivity contribution in [2.45, 2.75) is 51.0 Å². The highest BCUT2D eigenvalue weighted by Gasteiger charge is 2.27. The number of aromatic carboxylic acids is 1. The average molecular weight is 546 g/mol. The van der Waals surface area contributed by atoms with Gasteiger partial charge in [0, 0.05) is 35.9 Å². The van der Waals surface area contributed by atoms with Gasteiger partial charge in [0.15, 0.2) is 0 Å². The van der Waals surface area contributed by atoms with Crippen LogP contribution in [-0.4, -0.2) is 56.3 Å². The number of carbonyl (C=O) groups is 1. The van der Waals surface area contributed by atoms with E-state index < -0.39 is 11.8 Å². The molecule has 206 valence electrons. The van der Waals surface area contributed by atoms with Crippen molar-refractivity contribution in [1.29, 1.82) is 5.26 Å². The zero-order chi connectivity index (χ0) is 27.6. The summed E-state index contributed by atoms with van der Waals surface area (Å²) in [4.78, 5) is 23.1. The van der Waals surface area contributed by atoms with Gasteiger partial charge < -0.3 is 19.0 Å². The predicted octanol–water partition coefficient (Wildman–Crippen LogP) is 4.48. The third kappa shape index (κ3) is 5.41. The number of furan rings is 1. The largest absolute Gasteiger partial charge is 0.475 e. The SMILES string of the molecule is N#Cc1ccc(COc2cccc(C3CCN(Cc4nc5cc(C(=O)O)oc5n4CC4CCO4)CC3)n2)c(F)c1. The Labute approximate surface area is 229 Å². The Morgan fingerprint density at radius 3 is 2.70 bits per heavy atom. The normalized spacial score (nSPS) is 17.9. The lowest BCUT2D eigenvalue weighted by atomic mass is 9.93. The summed E-state index contributed by atoms with van der Waals surface area (Å²) in [5.74, 6) is -0.163. The van der Waals surface area contributed by atoms with E-state index in [0.29, 0.717) is 35.8 Å². The first kappa shape index (κ1) is 26.0. The fraction of sp³-hybridized carbons (Fsp3) is 0.379. The lowest BCUT2D eigenvalue weighted by Crippen LogP contribution is -2.35. The molecule has 40 heavy (non-hydrogen) atoms. The molecule has 1 aromatic carbocycles. The van der Waals surface area contributed by atoms with Crippen LogP contribution in [0.2, 0.25) is 0 Å². The minimum Gasteiger partial charge on any atom is -0.475 e. The number of pyridine rings is 1. The summed E-state index contributed by atoms with van der Waals surface area (Å²) in [6.45, 7) is 3.67. The summed E-state index contributed by atoms with van der Waals surface area (Å²) < 4.78 is 33.2. The first-order valence-electron chi connectivity index (χ1n) is 13.3. The minimum atomic E-state index is -1.11. The molecule has 10 nitrogen and oxygen atoms in total. The zero-order valence-corrected chi connectivity index (χ0v) is 21.8. The summed E-state index contributed by atoms with van der Waals surface area (Å²) >= 11 is 0. The Morgan fingerprint density at radius 1 is 1.18 bits per heavy atom. The number of benzene rings is 1. The first-order chi connectivity index (χ1) is 19.5. The van der Waals surface area contributed by atoms with Crippen LogP contribution >= 0.6 is 0 Å². The first-order valence-corrected chi connectivity index (χ1v) is 13.3. The Hall–Kier alpha value is -4.27. The number of hydrogen-bond donors (Lipinski definition) is 1. The van der Waals surface area contributed by atoms with Crippen LogP contribution in [0.3, 0.4) is 0 Å². The number of nitrogens with zero attached hydrogens (tertiary/aromatic N) is 5. The second kappa shape index (κ2) is 11.1. The molecule has 1 atom stereocenters. The maximum Gasteiger partial charge on any atom is 0.371 e. The molecule has 2 aliphatic rings. The molecule has 5 heterocycles. The number of ether oxygens (including phenoxy) is 2. The van der Waals surface area contributed by atoms with Gasteiger partial charge in [0.2, 0.25) is 17.4 Å². The van der Waals surface area contributed by atoms with Gasteiger partial charge >= 0.3 is 5.97 Å². The Morgan fingerprint density at radius 2 is 2.00 bits per heavy atom. The van der Waals surface area contributed by atoms with Gasteiger partial charge in [0.25, 0.3) is 0 Å². The average Bonchev–Trinajstić information content (AvgIpc) is 3.49. The Bertz CT molecular complexity index is 1580. The van der Waals surface area contributed by atoms with Crippen molar-refractivity contribution in [3.8, 4) is 11.9 Å². The van der Waals surface area contributed by atoms with E-state index in [4.69, 9.17) is 24.1 Å². The Balaban J connectivity index is 1.08. The molecule has 0 amide bonds. The maximum absolute atomic E-state index is 14.2. The second-order valence-corrected chi connectivity index (χ2v) is 10.2. The molecule has 1 unspecified atom stereocenters. The molecule has 1 N–H and O–H groups in total. The molecular weight excluding hydrogens is 517 g/mol. The van der Waals surface area contributed by atoms with Crippen LogP contribution in [-0.2, 0) is 24.4 Å². The van der Waals surface area contributed by atoms with E-state index in [1.165, 1.54) is 12.1 Å². The van der Waals surface area contributed by atoms with Crippen molar-refractivity contribution in [2.24, 2.45) is 0 Å². The van der Waals surface area contributed by atoms with Gasteiger partial charge in [-0.05, 0) is 50.6 Å². The van der Waals surface area contributed by atoms with Crippen molar-refractivity contribution in [3.05, 3.63) is 76.7 Å². The van der Waals surface area contributed by atoms with E-state index in [2.05, 4.69) is 9.88 Å². The summed E-state index contributed by atoms with van der Waals surface area (Å²) in [6, 6.07) is 13.4. The van der Waals surface area contributed by atoms with Gasteiger partial charge in [-0.2, -0.15) is 5.26 Å². The molecule has 0 bridgehead atoms. The van der Waals surface area contributed by atoms with Gasteiger partial charge in [0.05, 0.1) is 30.8 Å². The lowest BCUT2D eigenvalue weighted by Gasteiger charge is -2.32. The molecule has 2 fully saturated rings. The standard InChI is InChI=1S/C29H28FN5O5/c30-22-12-18(14-31)4-5-20(22)17-39-27-3-1-2-23(33-27)19-6-9-34(10-7-19)16-26-32-24-13-25(29(36)37)40-28(24)35(26)15-21-8-11-38-21/h1-5,12-13,19,21H,6-11,15-17H2,(H,36,37). The van der Waals surface area contributed by atoms with Crippen molar-refractivity contribution in [3.63, 3.8) is 0 Å². The molecule has 3 aromatic heterocycles. The summed E-state index contributed by atoms with van der Waals surface area (Å²) in [5, 5.41) is 18.2. The molecular formula is C29H28FN5O5. The van der Waals surface area contributed by atoms with Crippen LogP contribution in [0.4, 0.5) is 4.39 Å². The highest BCUT2D eigenvalue weighted by atomic mass is 19.1. The summed E-state index contributed by atoms with van der Waals surface area (Å²) in [7, 11) is 0. The number of imidazole rings is 1. The second-order valence-electron chi connectivity index (χ2n) is 10.2. The number of fused-ring (bicyclic) bond motifs is 1. The molecule has 2 aliphatic heterocycles. The number of carboxylic acid groups (broad SMARTS) is 1. The lowest BCUT2D eigenvalue weighted by molar-refractivity contribution is -0.0595. The number of aromatic nitrogens is 3. The molecule has 4 aromatic rings. The third-order valence-electron chi connectivity index (χ3n) is 7.56. The number of carboxylic acids is 1. The number of rotatable bonds is 9. The Kier molecular flexibility index (Phi) is 7.19. The topological polar surface area (TPSA) is 127 Å². The van der Waals surface area contributed by atoms with Gasteiger partial charge in [0.1, 0.15) is 23.8 Å². The van der Waals surface area contributed by atoms with E-state index in [9.17, 15) is 14.3 Å². The van der Waals surface area contributed by atoms with E-state index in [0.717, 1.165) is 50.5 Å². The van der Waals surface area contributed by atoms with Gasteiger partial charge in [-0.25, -0.2) is 19.2 Å². The maximum atomic E-state index is 14.2. The van der Waals surface area contributed by atoms with E-state index in [1.54, 1.807) is 18.2 Å². The molecule has 6 rings (SSSR count). The minimum absolute atomic E-state index is 0.0296. The number of piperidine rings is 1. The number of likely N-dealkylation sites (tertiary alicyclic amines) is 1. The monoisotopic (exact) mass is 545 g/mol. The van der Waals surface area contributed by atoms with E-state index in [1.807, 2.05) is 22.8 Å². The predicted molar refractivity (Wildman–Crippen MR) is 140 cm³/mol. The summed E-state index contributed by atoms with van der Waals surface area (Å²) in [5.41, 5.74) is 2.60. The number of hydrogen-bond acceptors (Lipinski definition) is 8. The van der Waals surface area contributed by atoms with Gasteiger partial charge in [-0.3, -0.25) is 9.47 Å². The number of nitriles is 1. The van der Waals surface area contributed by atoms with E-state index in [-0.39, 0.29) is 30.0 Å². The molecule has 11 heteroatoms. The third-order valence-corrected chi connectivity index (χ3v) is 7.56. The van der Waals surface area contributed by atoms with Crippen LogP contribution in [0.5, 0.6) is 5.88 Å². The molecule has 0 saturated carbocycles. The highest BCUT2D eigenvalue weighted by Crippen LogP contribution is 2.30. The van der Waals surface area contributed by atoms with Crippen molar-refractivity contribution in [2.75, 3.05) is 19.7 Å². The van der Waals surface area contributed by atoms with Crippen LogP contribution in [0, 0.1) is 17.1 Å². The fourth-order valence-corrected chi connectivity index (χ4v) is 5.22. The van der Waals surface area contributed by atoms with Crippen LogP contribution < -0.4 is 4.74 Å². The zero-order valence-electron chi connectivity index (χ0n) is 21.8. The van der Waals surface area contributed by atoms with Crippen LogP contribution in [0.1, 0.15) is 58.4 Å². The van der Waals surface area contributed by atoms with Crippen molar-refractivity contribution >= 4 is 17.2 Å². The fourth-order valence-electron chi connectivity index (χ4n) is 5.22. The summed E-state index contributed by atoms with van der Waals surface area (Å²) in [6.07, 6.45) is 2.85. The van der Waals surface area contributed by atoms with Crippen molar-refractivity contribution < 1.29 is 28.2 Å².